The molecule has 1 aliphatic rings. The summed E-state index contributed by atoms with van der Waals surface area (Å²) in [6.07, 6.45) is 0.171. The number of nitrogens with zero attached hydrogens (tertiary/aromatic N) is 2. The maximum Gasteiger partial charge on any atom is 0.243 e. The molecule has 1 aromatic rings. The summed E-state index contributed by atoms with van der Waals surface area (Å²) in [5.41, 5.74) is 0.501. The van der Waals surface area contributed by atoms with Gasteiger partial charge >= 0.3 is 0 Å². The predicted molar refractivity (Wildman–Crippen MR) is 102 cm³/mol. The summed E-state index contributed by atoms with van der Waals surface area (Å²) in [7, 11) is -1.96. The van der Waals surface area contributed by atoms with E-state index in [-0.39, 0.29) is 23.1 Å². The maximum absolute atomic E-state index is 12.5. The van der Waals surface area contributed by atoms with E-state index in [1.54, 1.807) is 38.0 Å². The summed E-state index contributed by atoms with van der Waals surface area (Å²) < 4.78 is 31.3. The molecule has 0 saturated carbocycles. The van der Waals surface area contributed by atoms with E-state index in [9.17, 15) is 18.0 Å². The lowest BCUT2D eigenvalue weighted by Crippen LogP contribution is -2.31. The Labute approximate surface area is 160 Å². The molecule has 1 N–H and O–H groups in total. The van der Waals surface area contributed by atoms with Crippen molar-refractivity contribution in [3.05, 3.63) is 24.3 Å². The number of carbonyl (C=O) groups excluding carboxylic acids is 2. The van der Waals surface area contributed by atoms with Crippen molar-refractivity contribution in [3.63, 3.8) is 0 Å². The van der Waals surface area contributed by atoms with Gasteiger partial charge in [-0.05, 0) is 24.3 Å². The number of benzene rings is 1. The second-order valence-electron chi connectivity index (χ2n) is 6.34. The maximum atomic E-state index is 12.5. The van der Waals surface area contributed by atoms with Gasteiger partial charge in [0.25, 0.3) is 0 Å². The van der Waals surface area contributed by atoms with Crippen molar-refractivity contribution < 1.29 is 22.7 Å². The van der Waals surface area contributed by atoms with E-state index in [4.69, 9.17) is 4.74 Å². The van der Waals surface area contributed by atoms with E-state index in [0.29, 0.717) is 38.5 Å². The number of hydrogen-bond acceptors (Lipinski definition) is 5. The zero-order valence-corrected chi connectivity index (χ0v) is 16.8. The first-order chi connectivity index (χ1) is 12.8. The molecule has 2 amide bonds. The van der Waals surface area contributed by atoms with Crippen LogP contribution in [0.1, 0.15) is 20.3 Å². The van der Waals surface area contributed by atoms with Crippen molar-refractivity contribution in [3.8, 4) is 0 Å². The molecule has 2 rings (SSSR count). The molecule has 1 aromatic carbocycles. The van der Waals surface area contributed by atoms with Gasteiger partial charge in [-0.15, -0.1) is 0 Å². The normalized spacial score (nSPS) is 17.6. The first kappa shape index (κ1) is 21.3. The fourth-order valence-electron chi connectivity index (χ4n) is 3.03. The van der Waals surface area contributed by atoms with Crippen molar-refractivity contribution in [2.75, 3.05) is 45.2 Å². The van der Waals surface area contributed by atoms with Gasteiger partial charge in [0.05, 0.1) is 17.4 Å². The highest BCUT2D eigenvalue weighted by molar-refractivity contribution is 7.89. The number of anilines is 1. The van der Waals surface area contributed by atoms with Crippen LogP contribution in [0.2, 0.25) is 0 Å². The van der Waals surface area contributed by atoms with E-state index in [2.05, 4.69) is 5.32 Å². The molecule has 150 valence electrons. The van der Waals surface area contributed by atoms with Crippen LogP contribution in [-0.2, 0) is 24.3 Å². The third-order valence-electron chi connectivity index (χ3n) is 4.62. The number of methoxy groups -OCH3 is 1. The monoisotopic (exact) mass is 397 g/mol. The standard InChI is InChI=1S/C18H27N3O5S/c1-4-21(5-2)27(24,25)16-8-6-15(7-9-16)19-18(23)14-12-17(22)20(13-14)10-11-26-3/h6-9,14H,4-5,10-13H2,1-3H3,(H,19,23). The van der Waals surface area contributed by atoms with Gasteiger partial charge in [0.15, 0.2) is 0 Å². The molecule has 8 nitrogen and oxygen atoms in total. The highest BCUT2D eigenvalue weighted by Gasteiger charge is 2.34. The minimum atomic E-state index is -3.53. The highest BCUT2D eigenvalue weighted by Crippen LogP contribution is 2.22. The first-order valence-corrected chi connectivity index (χ1v) is 10.4. The molecule has 1 fully saturated rings. The van der Waals surface area contributed by atoms with Gasteiger partial charge in [-0.1, -0.05) is 13.8 Å². The van der Waals surface area contributed by atoms with Gasteiger partial charge in [-0.2, -0.15) is 4.31 Å². The lowest BCUT2D eigenvalue weighted by atomic mass is 10.1. The van der Waals surface area contributed by atoms with Gasteiger partial charge in [0.2, 0.25) is 21.8 Å². The second-order valence-corrected chi connectivity index (χ2v) is 8.27. The van der Waals surface area contributed by atoms with Crippen molar-refractivity contribution in [1.29, 1.82) is 0 Å². The number of hydrogen-bond donors (Lipinski definition) is 1. The number of ether oxygens (including phenoxy) is 1. The number of rotatable bonds is 9. The largest absolute Gasteiger partial charge is 0.383 e. The van der Waals surface area contributed by atoms with Crippen LogP contribution in [0.5, 0.6) is 0 Å². The van der Waals surface area contributed by atoms with Crippen molar-refractivity contribution in [2.24, 2.45) is 5.92 Å². The van der Waals surface area contributed by atoms with E-state index in [1.165, 1.54) is 16.4 Å². The molecule has 0 aliphatic carbocycles. The van der Waals surface area contributed by atoms with Gasteiger partial charge in [0, 0.05) is 45.4 Å². The van der Waals surface area contributed by atoms with E-state index < -0.39 is 15.9 Å². The van der Waals surface area contributed by atoms with Crippen LogP contribution in [0.4, 0.5) is 5.69 Å². The minimum absolute atomic E-state index is 0.0622. The molecule has 0 spiro atoms. The van der Waals surface area contributed by atoms with Gasteiger partial charge in [-0.25, -0.2) is 8.42 Å². The summed E-state index contributed by atoms with van der Waals surface area (Å²) in [4.78, 5) is 26.2. The van der Waals surface area contributed by atoms with Crippen LogP contribution < -0.4 is 5.32 Å². The third kappa shape index (κ3) is 5.06. The molecule has 1 unspecified atom stereocenters. The Kier molecular flexibility index (Phi) is 7.34. The molecular weight excluding hydrogens is 370 g/mol. The molecule has 0 bridgehead atoms. The molecule has 1 aliphatic heterocycles. The molecular formula is C18H27N3O5S. The molecule has 9 heteroatoms. The summed E-state index contributed by atoms with van der Waals surface area (Å²) in [6, 6.07) is 6.09. The highest BCUT2D eigenvalue weighted by atomic mass is 32.2. The smallest absolute Gasteiger partial charge is 0.243 e. The SMILES string of the molecule is CCN(CC)S(=O)(=O)c1ccc(NC(=O)C2CC(=O)N(CCOC)C2)cc1. The summed E-state index contributed by atoms with van der Waals surface area (Å²) in [5, 5.41) is 2.76. The lowest BCUT2D eigenvalue weighted by Gasteiger charge is -2.18. The van der Waals surface area contributed by atoms with E-state index in [1.807, 2.05) is 0 Å². The predicted octanol–water partition coefficient (Wildman–Crippen LogP) is 1.15. The molecule has 0 aromatic heterocycles. The number of sulfonamides is 1. The quantitative estimate of drug-likeness (QED) is 0.674. The minimum Gasteiger partial charge on any atom is -0.383 e. The zero-order valence-electron chi connectivity index (χ0n) is 16.0. The second kappa shape index (κ2) is 9.29. The van der Waals surface area contributed by atoms with Crippen molar-refractivity contribution in [1.82, 2.24) is 9.21 Å². The van der Waals surface area contributed by atoms with Gasteiger partial charge < -0.3 is 15.0 Å². The number of likely N-dealkylation sites (tertiary alicyclic amines) is 1. The molecule has 1 atom stereocenters. The van der Waals surface area contributed by atoms with E-state index in [0.717, 1.165) is 0 Å². The fourth-order valence-corrected chi connectivity index (χ4v) is 4.49. The Morgan fingerprint density at radius 2 is 1.89 bits per heavy atom. The number of carbonyl (C=O) groups is 2. The van der Waals surface area contributed by atoms with Crippen LogP contribution in [-0.4, -0.2) is 69.3 Å². The summed E-state index contributed by atoms with van der Waals surface area (Å²) in [6.45, 7) is 5.63. The summed E-state index contributed by atoms with van der Waals surface area (Å²) in [5.74, 6) is -0.732. The summed E-state index contributed by atoms with van der Waals surface area (Å²) >= 11 is 0. The van der Waals surface area contributed by atoms with Crippen LogP contribution >= 0.6 is 0 Å². The molecule has 27 heavy (non-hydrogen) atoms. The average molecular weight is 397 g/mol. The van der Waals surface area contributed by atoms with Crippen LogP contribution in [0.25, 0.3) is 0 Å². The van der Waals surface area contributed by atoms with Gasteiger partial charge in [0.1, 0.15) is 0 Å². The number of nitrogens with one attached hydrogen (secondary N) is 1. The lowest BCUT2D eigenvalue weighted by molar-refractivity contribution is -0.128. The number of amides is 2. The topological polar surface area (TPSA) is 96.0 Å². The Balaban J connectivity index is 2.00. The first-order valence-electron chi connectivity index (χ1n) is 9.01. The third-order valence-corrected chi connectivity index (χ3v) is 6.68. The zero-order chi connectivity index (χ0) is 20.0. The van der Waals surface area contributed by atoms with Gasteiger partial charge in [-0.3, -0.25) is 9.59 Å². The van der Waals surface area contributed by atoms with E-state index >= 15 is 0 Å². The Morgan fingerprint density at radius 1 is 1.26 bits per heavy atom. The molecule has 0 radical (unpaired) electrons. The van der Waals surface area contributed by atoms with Crippen molar-refractivity contribution >= 4 is 27.5 Å². The van der Waals surface area contributed by atoms with Crippen LogP contribution in [0.15, 0.2) is 29.2 Å². The Hall–Kier alpha value is -1.97. The van der Waals surface area contributed by atoms with Crippen molar-refractivity contribution in [2.45, 2.75) is 25.2 Å². The Morgan fingerprint density at radius 3 is 2.44 bits per heavy atom. The van der Waals surface area contributed by atoms with Crippen LogP contribution in [0, 0.1) is 5.92 Å². The molecule has 1 saturated heterocycles. The Bertz CT molecular complexity index is 760. The van der Waals surface area contributed by atoms with Crippen LogP contribution in [0.3, 0.4) is 0 Å². The fraction of sp³-hybridized carbons (Fsp3) is 0.556. The molecule has 1 heterocycles. The average Bonchev–Trinajstić information content (AvgIpc) is 3.02.